The Morgan fingerprint density at radius 1 is 1.35 bits per heavy atom. The number of hydrogen-bond acceptors (Lipinski definition) is 4. The van der Waals surface area contributed by atoms with Gasteiger partial charge in [-0.05, 0) is 18.2 Å². The number of nitrogen functional groups attached to an aromatic ring is 1. The molecule has 2 rings (SSSR count). The second-order valence-corrected chi connectivity index (χ2v) is 5.56. The lowest BCUT2D eigenvalue weighted by atomic mass is 10.3. The quantitative estimate of drug-likeness (QED) is 0.675. The number of ether oxygens (including phenoxy) is 1. The molecule has 1 saturated heterocycles. The van der Waals surface area contributed by atoms with E-state index < -0.39 is 0 Å². The lowest BCUT2D eigenvalue weighted by Gasteiger charge is -2.26. The SMILES string of the molecule is Nc1ccc(Cl)cc1SCCN1CCOCC1. The highest BCUT2D eigenvalue weighted by Crippen LogP contribution is 2.27. The Kier molecular flexibility index (Phi) is 4.98. The van der Waals surface area contributed by atoms with Crippen molar-refractivity contribution < 1.29 is 4.74 Å². The largest absolute Gasteiger partial charge is 0.398 e. The number of rotatable bonds is 4. The first kappa shape index (κ1) is 13.0. The molecule has 0 aliphatic carbocycles. The van der Waals surface area contributed by atoms with E-state index in [0.717, 1.165) is 54.2 Å². The number of anilines is 1. The number of halogens is 1. The molecule has 1 aliphatic heterocycles. The summed E-state index contributed by atoms with van der Waals surface area (Å²) in [5.74, 6) is 1.03. The van der Waals surface area contributed by atoms with Gasteiger partial charge in [0.05, 0.1) is 13.2 Å². The molecule has 1 heterocycles. The number of morpholine rings is 1. The molecule has 1 aromatic carbocycles. The Balaban J connectivity index is 1.79. The van der Waals surface area contributed by atoms with Gasteiger partial charge >= 0.3 is 0 Å². The molecule has 3 nitrogen and oxygen atoms in total. The summed E-state index contributed by atoms with van der Waals surface area (Å²) in [4.78, 5) is 3.49. The summed E-state index contributed by atoms with van der Waals surface area (Å²) < 4.78 is 5.31. The minimum atomic E-state index is 0.744. The van der Waals surface area contributed by atoms with Crippen LogP contribution in [0.1, 0.15) is 0 Å². The molecule has 0 unspecified atom stereocenters. The van der Waals surface area contributed by atoms with Crippen molar-refractivity contribution in [3.8, 4) is 0 Å². The summed E-state index contributed by atoms with van der Waals surface area (Å²) in [6.45, 7) is 4.84. The Morgan fingerprint density at radius 2 is 2.12 bits per heavy atom. The first-order chi connectivity index (χ1) is 8.25. The summed E-state index contributed by atoms with van der Waals surface area (Å²) in [5, 5.41) is 0.744. The molecule has 0 atom stereocenters. The molecule has 0 spiro atoms. The van der Waals surface area contributed by atoms with Crippen LogP contribution in [-0.4, -0.2) is 43.5 Å². The van der Waals surface area contributed by atoms with Gasteiger partial charge in [0.25, 0.3) is 0 Å². The first-order valence-electron chi connectivity index (χ1n) is 5.73. The second-order valence-electron chi connectivity index (χ2n) is 3.98. The van der Waals surface area contributed by atoms with Gasteiger partial charge in [0, 0.05) is 41.0 Å². The second kappa shape index (κ2) is 6.50. The molecule has 0 amide bonds. The molecular weight excluding hydrogens is 256 g/mol. The van der Waals surface area contributed by atoms with Crippen molar-refractivity contribution in [1.29, 1.82) is 0 Å². The molecule has 94 valence electrons. The third-order valence-corrected chi connectivity index (χ3v) is 4.03. The van der Waals surface area contributed by atoms with Gasteiger partial charge in [-0.3, -0.25) is 4.90 Å². The maximum atomic E-state index is 5.95. The van der Waals surface area contributed by atoms with Crippen LogP contribution < -0.4 is 5.73 Å². The van der Waals surface area contributed by atoms with E-state index in [2.05, 4.69) is 4.90 Å². The molecule has 0 radical (unpaired) electrons. The highest BCUT2D eigenvalue weighted by molar-refractivity contribution is 7.99. The van der Waals surface area contributed by atoms with Crippen LogP contribution in [0.3, 0.4) is 0 Å². The maximum Gasteiger partial charge on any atom is 0.0594 e. The minimum Gasteiger partial charge on any atom is -0.398 e. The topological polar surface area (TPSA) is 38.5 Å². The van der Waals surface area contributed by atoms with Crippen molar-refractivity contribution in [3.63, 3.8) is 0 Å². The number of hydrogen-bond donors (Lipinski definition) is 1. The summed E-state index contributed by atoms with van der Waals surface area (Å²) >= 11 is 7.71. The van der Waals surface area contributed by atoms with E-state index >= 15 is 0 Å². The average Bonchev–Trinajstić information content (AvgIpc) is 2.35. The molecule has 1 aliphatic rings. The standard InChI is InChI=1S/C12H17ClN2OS/c13-10-1-2-11(14)12(9-10)17-8-5-15-3-6-16-7-4-15/h1-2,9H,3-8,14H2. The first-order valence-corrected chi connectivity index (χ1v) is 7.10. The van der Waals surface area contributed by atoms with Gasteiger partial charge in [-0.25, -0.2) is 0 Å². The van der Waals surface area contributed by atoms with Gasteiger partial charge in [0.2, 0.25) is 0 Å². The number of nitrogens with zero attached hydrogens (tertiary/aromatic N) is 1. The zero-order valence-electron chi connectivity index (χ0n) is 9.69. The van der Waals surface area contributed by atoms with Crippen LogP contribution in [0.15, 0.2) is 23.1 Å². The van der Waals surface area contributed by atoms with Crippen molar-refractivity contribution >= 4 is 29.1 Å². The van der Waals surface area contributed by atoms with E-state index in [1.54, 1.807) is 11.8 Å². The predicted octanol–water partition coefficient (Wildman–Crippen LogP) is 2.35. The highest BCUT2D eigenvalue weighted by atomic mass is 35.5. The Hall–Kier alpha value is -0.420. The van der Waals surface area contributed by atoms with Gasteiger partial charge < -0.3 is 10.5 Å². The van der Waals surface area contributed by atoms with Crippen LogP contribution in [0.2, 0.25) is 5.02 Å². The number of thioether (sulfide) groups is 1. The van der Waals surface area contributed by atoms with Gasteiger partial charge in [-0.2, -0.15) is 0 Å². The smallest absolute Gasteiger partial charge is 0.0594 e. The van der Waals surface area contributed by atoms with Crippen molar-refractivity contribution in [3.05, 3.63) is 23.2 Å². The molecule has 1 aromatic rings. The Morgan fingerprint density at radius 3 is 2.88 bits per heavy atom. The van der Waals surface area contributed by atoms with Gasteiger partial charge in [0.1, 0.15) is 0 Å². The fourth-order valence-electron chi connectivity index (χ4n) is 1.74. The molecule has 2 N–H and O–H groups in total. The predicted molar refractivity (Wildman–Crippen MR) is 73.8 cm³/mol. The van der Waals surface area contributed by atoms with Crippen molar-refractivity contribution in [2.75, 3.05) is 44.3 Å². The third-order valence-electron chi connectivity index (χ3n) is 2.74. The maximum absolute atomic E-state index is 5.95. The van der Waals surface area contributed by atoms with E-state index in [9.17, 15) is 0 Å². The summed E-state index contributed by atoms with van der Waals surface area (Å²) in [6, 6.07) is 5.61. The van der Waals surface area contributed by atoms with E-state index in [1.165, 1.54) is 0 Å². The molecule has 5 heteroatoms. The van der Waals surface area contributed by atoms with Gasteiger partial charge in [-0.1, -0.05) is 11.6 Å². The molecule has 0 aromatic heterocycles. The van der Waals surface area contributed by atoms with Crippen molar-refractivity contribution in [1.82, 2.24) is 4.90 Å². The van der Waals surface area contributed by atoms with Crippen LogP contribution in [0, 0.1) is 0 Å². The molecule has 1 fully saturated rings. The number of nitrogens with two attached hydrogens (primary N) is 1. The fourth-order valence-corrected chi connectivity index (χ4v) is 2.99. The molecule has 17 heavy (non-hydrogen) atoms. The fraction of sp³-hybridized carbons (Fsp3) is 0.500. The normalized spacial score (nSPS) is 17.2. The lowest BCUT2D eigenvalue weighted by Crippen LogP contribution is -2.37. The molecular formula is C12H17ClN2OS. The van der Waals surface area contributed by atoms with Crippen LogP contribution in [0.5, 0.6) is 0 Å². The van der Waals surface area contributed by atoms with Gasteiger partial charge in [0.15, 0.2) is 0 Å². The number of benzene rings is 1. The van der Waals surface area contributed by atoms with Crippen LogP contribution >= 0.6 is 23.4 Å². The van der Waals surface area contributed by atoms with E-state index in [4.69, 9.17) is 22.1 Å². The zero-order chi connectivity index (χ0) is 12.1. The highest BCUT2D eigenvalue weighted by Gasteiger charge is 2.10. The zero-order valence-corrected chi connectivity index (χ0v) is 11.3. The average molecular weight is 273 g/mol. The summed E-state index contributed by atoms with van der Waals surface area (Å²) in [7, 11) is 0. The monoisotopic (exact) mass is 272 g/mol. The minimum absolute atomic E-state index is 0.744. The lowest BCUT2D eigenvalue weighted by molar-refractivity contribution is 0.0410. The van der Waals surface area contributed by atoms with E-state index in [1.807, 2.05) is 18.2 Å². The van der Waals surface area contributed by atoms with E-state index in [-0.39, 0.29) is 0 Å². The van der Waals surface area contributed by atoms with Gasteiger partial charge in [-0.15, -0.1) is 11.8 Å². The van der Waals surface area contributed by atoms with Crippen molar-refractivity contribution in [2.45, 2.75) is 4.90 Å². The van der Waals surface area contributed by atoms with E-state index in [0.29, 0.717) is 0 Å². The van der Waals surface area contributed by atoms with Crippen LogP contribution in [-0.2, 0) is 4.74 Å². The Bertz CT molecular complexity index is 370. The van der Waals surface area contributed by atoms with Crippen molar-refractivity contribution in [2.24, 2.45) is 0 Å². The Labute approximate surface area is 111 Å². The third kappa shape index (κ3) is 4.07. The molecule has 0 bridgehead atoms. The summed E-state index contributed by atoms with van der Waals surface area (Å²) in [5.41, 5.74) is 6.70. The van der Waals surface area contributed by atoms with Crippen LogP contribution in [0.4, 0.5) is 5.69 Å². The molecule has 0 saturated carbocycles. The van der Waals surface area contributed by atoms with Crippen LogP contribution in [0.25, 0.3) is 0 Å². The summed E-state index contributed by atoms with van der Waals surface area (Å²) in [6.07, 6.45) is 0.